The van der Waals surface area contributed by atoms with Gasteiger partial charge in [0.1, 0.15) is 0 Å². The van der Waals surface area contributed by atoms with Gasteiger partial charge in [0.15, 0.2) is 0 Å². The lowest BCUT2D eigenvalue weighted by Crippen LogP contribution is -2.32. The molecule has 1 N–H and O–H groups in total. The highest BCUT2D eigenvalue weighted by Gasteiger charge is 2.14. The van der Waals surface area contributed by atoms with Crippen LogP contribution in [0.5, 0.6) is 0 Å². The van der Waals surface area contributed by atoms with E-state index in [-0.39, 0.29) is 6.61 Å². The van der Waals surface area contributed by atoms with Gasteiger partial charge >= 0.3 is 0 Å². The SMILES string of the molecule is CC(C)C(CO)CN(C)CCc1ccc(Br)cc1. The monoisotopic (exact) mass is 313 g/mol. The number of aliphatic hydroxyl groups is 1. The van der Waals surface area contributed by atoms with Gasteiger partial charge < -0.3 is 10.0 Å². The number of benzene rings is 1. The van der Waals surface area contributed by atoms with Crippen molar-refractivity contribution in [2.75, 3.05) is 26.7 Å². The van der Waals surface area contributed by atoms with Crippen molar-refractivity contribution in [1.82, 2.24) is 4.90 Å². The molecule has 1 aromatic carbocycles. The van der Waals surface area contributed by atoms with Crippen LogP contribution in [0.3, 0.4) is 0 Å². The predicted molar refractivity (Wildman–Crippen MR) is 80.8 cm³/mol. The predicted octanol–water partition coefficient (Wildman–Crippen LogP) is 3.19. The van der Waals surface area contributed by atoms with Crippen LogP contribution in [0.2, 0.25) is 0 Å². The average molecular weight is 314 g/mol. The number of hydrogen-bond acceptors (Lipinski definition) is 2. The maximum absolute atomic E-state index is 9.33. The second kappa shape index (κ2) is 7.93. The average Bonchev–Trinajstić information content (AvgIpc) is 2.35. The van der Waals surface area contributed by atoms with E-state index in [1.165, 1.54) is 5.56 Å². The highest BCUT2D eigenvalue weighted by atomic mass is 79.9. The molecule has 18 heavy (non-hydrogen) atoms. The molecular formula is C15H24BrNO. The van der Waals surface area contributed by atoms with Crippen molar-refractivity contribution in [1.29, 1.82) is 0 Å². The fourth-order valence-corrected chi connectivity index (χ4v) is 2.21. The van der Waals surface area contributed by atoms with E-state index in [4.69, 9.17) is 0 Å². The first-order valence-electron chi connectivity index (χ1n) is 6.56. The molecule has 2 nitrogen and oxygen atoms in total. The van der Waals surface area contributed by atoms with Gasteiger partial charge in [-0.2, -0.15) is 0 Å². The Morgan fingerprint density at radius 2 is 1.83 bits per heavy atom. The summed E-state index contributed by atoms with van der Waals surface area (Å²) in [5.41, 5.74) is 1.36. The van der Waals surface area contributed by atoms with Gasteiger partial charge in [0, 0.05) is 24.2 Å². The van der Waals surface area contributed by atoms with E-state index in [1.54, 1.807) is 0 Å². The van der Waals surface area contributed by atoms with Gasteiger partial charge in [-0.25, -0.2) is 0 Å². The van der Waals surface area contributed by atoms with Crippen molar-refractivity contribution in [3.8, 4) is 0 Å². The Hall–Kier alpha value is -0.380. The van der Waals surface area contributed by atoms with Gasteiger partial charge in [-0.05, 0) is 43.0 Å². The molecule has 1 unspecified atom stereocenters. The summed E-state index contributed by atoms with van der Waals surface area (Å²) < 4.78 is 1.12. The van der Waals surface area contributed by atoms with Crippen LogP contribution in [0.25, 0.3) is 0 Å². The van der Waals surface area contributed by atoms with Crippen molar-refractivity contribution in [3.63, 3.8) is 0 Å². The van der Waals surface area contributed by atoms with Crippen LogP contribution in [0.4, 0.5) is 0 Å². The smallest absolute Gasteiger partial charge is 0.0473 e. The molecule has 0 heterocycles. The van der Waals surface area contributed by atoms with Crippen LogP contribution in [0.15, 0.2) is 28.7 Å². The van der Waals surface area contributed by atoms with Gasteiger partial charge in [-0.15, -0.1) is 0 Å². The standard InChI is InChI=1S/C15H24BrNO/c1-12(2)14(11-18)10-17(3)9-8-13-4-6-15(16)7-5-13/h4-7,12,14,18H,8-11H2,1-3H3. The van der Waals surface area contributed by atoms with Gasteiger partial charge in [-0.1, -0.05) is 41.9 Å². The molecule has 0 aliphatic carbocycles. The Labute approximate surface area is 119 Å². The topological polar surface area (TPSA) is 23.5 Å². The lowest BCUT2D eigenvalue weighted by atomic mass is 9.96. The van der Waals surface area contributed by atoms with E-state index in [1.807, 2.05) is 0 Å². The minimum absolute atomic E-state index is 0.278. The Morgan fingerprint density at radius 1 is 1.22 bits per heavy atom. The molecule has 102 valence electrons. The van der Waals surface area contributed by atoms with E-state index in [9.17, 15) is 5.11 Å². The number of halogens is 1. The van der Waals surface area contributed by atoms with E-state index in [0.29, 0.717) is 11.8 Å². The van der Waals surface area contributed by atoms with Crippen molar-refractivity contribution >= 4 is 15.9 Å². The second-order valence-corrected chi connectivity index (χ2v) is 6.24. The Bertz CT molecular complexity index is 337. The summed E-state index contributed by atoms with van der Waals surface area (Å²) in [6.45, 7) is 6.61. The van der Waals surface area contributed by atoms with Crippen LogP contribution >= 0.6 is 15.9 Å². The summed E-state index contributed by atoms with van der Waals surface area (Å²) in [6.07, 6.45) is 1.06. The Morgan fingerprint density at radius 3 is 2.33 bits per heavy atom. The number of likely N-dealkylation sites (N-methyl/N-ethyl adjacent to an activating group) is 1. The number of hydrogen-bond donors (Lipinski definition) is 1. The first-order chi connectivity index (χ1) is 8.52. The van der Waals surface area contributed by atoms with Crippen molar-refractivity contribution in [3.05, 3.63) is 34.3 Å². The summed E-state index contributed by atoms with van der Waals surface area (Å²) in [7, 11) is 2.13. The maximum Gasteiger partial charge on any atom is 0.0473 e. The molecule has 0 saturated heterocycles. The fourth-order valence-electron chi connectivity index (χ4n) is 1.94. The molecule has 3 heteroatoms. The molecule has 0 spiro atoms. The summed E-state index contributed by atoms with van der Waals surface area (Å²) in [6, 6.07) is 8.48. The van der Waals surface area contributed by atoms with E-state index in [0.717, 1.165) is 24.0 Å². The van der Waals surface area contributed by atoms with Crippen molar-refractivity contribution < 1.29 is 5.11 Å². The molecule has 0 amide bonds. The molecule has 0 aliphatic rings. The van der Waals surface area contributed by atoms with Gasteiger partial charge in [0.25, 0.3) is 0 Å². The fraction of sp³-hybridized carbons (Fsp3) is 0.600. The minimum atomic E-state index is 0.278. The van der Waals surface area contributed by atoms with Crippen molar-refractivity contribution in [2.45, 2.75) is 20.3 Å². The normalized spacial score (nSPS) is 13.3. The number of aliphatic hydroxyl groups excluding tert-OH is 1. The van der Waals surface area contributed by atoms with E-state index >= 15 is 0 Å². The highest BCUT2D eigenvalue weighted by Crippen LogP contribution is 2.13. The van der Waals surface area contributed by atoms with Crippen LogP contribution < -0.4 is 0 Å². The third-order valence-electron chi connectivity index (χ3n) is 3.42. The molecule has 1 atom stereocenters. The molecule has 0 aliphatic heterocycles. The van der Waals surface area contributed by atoms with Crippen molar-refractivity contribution in [2.24, 2.45) is 11.8 Å². The zero-order chi connectivity index (χ0) is 13.5. The van der Waals surface area contributed by atoms with E-state index in [2.05, 4.69) is 66.0 Å². The molecule has 0 aromatic heterocycles. The first-order valence-corrected chi connectivity index (χ1v) is 7.36. The summed E-state index contributed by atoms with van der Waals surface area (Å²) in [4.78, 5) is 2.31. The largest absolute Gasteiger partial charge is 0.396 e. The van der Waals surface area contributed by atoms with Gasteiger partial charge in [0.05, 0.1) is 0 Å². The molecule has 1 rings (SSSR count). The Balaban J connectivity index is 2.36. The van der Waals surface area contributed by atoms with Crippen LogP contribution in [0.1, 0.15) is 19.4 Å². The summed E-state index contributed by atoms with van der Waals surface area (Å²) >= 11 is 3.45. The Kier molecular flexibility index (Phi) is 6.90. The lowest BCUT2D eigenvalue weighted by Gasteiger charge is -2.25. The third-order valence-corrected chi connectivity index (χ3v) is 3.95. The molecule has 0 saturated carbocycles. The lowest BCUT2D eigenvalue weighted by molar-refractivity contribution is 0.147. The zero-order valence-electron chi connectivity index (χ0n) is 11.6. The molecule has 0 bridgehead atoms. The molecule has 0 radical (unpaired) electrons. The third kappa shape index (κ3) is 5.51. The van der Waals surface area contributed by atoms with Crippen LogP contribution in [0, 0.1) is 11.8 Å². The zero-order valence-corrected chi connectivity index (χ0v) is 13.2. The quantitative estimate of drug-likeness (QED) is 0.835. The summed E-state index contributed by atoms with van der Waals surface area (Å²) in [5.74, 6) is 0.907. The highest BCUT2D eigenvalue weighted by molar-refractivity contribution is 9.10. The van der Waals surface area contributed by atoms with E-state index < -0.39 is 0 Å². The molecule has 1 aromatic rings. The number of rotatable bonds is 7. The first kappa shape index (κ1) is 15.7. The maximum atomic E-state index is 9.33. The van der Waals surface area contributed by atoms with Crippen LogP contribution in [-0.2, 0) is 6.42 Å². The second-order valence-electron chi connectivity index (χ2n) is 5.33. The number of nitrogens with zero attached hydrogens (tertiary/aromatic N) is 1. The van der Waals surface area contributed by atoms with Gasteiger partial charge in [-0.3, -0.25) is 0 Å². The minimum Gasteiger partial charge on any atom is -0.396 e. The van der Waals surface area contributed by atoms with Gasteiger partial charge in [0.2, 0.25) is 0 Å². The molecular weight excluding hydrogens is 290 g/mol. The molecule has 0 fully saturated rings. The van der Waals surface area contributed by atoms with Crippen LogP contribution in [-0.4, -0.2) is 36.8 Å². The summed E-state index contributed by atoms with van der Waals surface area (Å²) in [5, 5.41) is 9.33.